The Bertz CT molecular complexity index is 693. The summed E-state index contributed by atoms with van der Waals surface area (Å²) in [5, 5.41) is 0. The molecule has 2 aromatic carbocycles. The minimum atomic E-state index is -1.96. The van der Waals surface area contributed by atoms with E-state index in [1.165, 1.54) is 11.1 Å². The van der Waals surface area contributed by atoms with E-state index in [1.807, 2.05) is 37.4 Å². The van der Waals surface area contributed by atoms with Crippen molar-refractivity contribution in [2.24, 2.45) is 0 Å². The van der Waals surface area contributed by atoms with Crippen molar-refractivity contribution in [3.05, 3.63) is 70.8 Å². The molecule has 8 heteroatoms. The highest BCUT2D eigenvalue weighted by Crippen LogP contribution is 2.23. The van der Waals surface area contributed by atoms with Crippen LogP contribution in [0.4, 0.5) is 0 Å². The first-order chi connectivity index (χ1) is 13.0. The van der Waals surface area contributed by atoms with Gasteiger partial charge in [-0.15, -0.1) is 67.5 Å². The predicted octanol–water partition coefficient (Wildman–Crippen LogP) is 9.03. The Morgan fingerprint density at radius 2 is 1.04 bits per heavy atom. The summed E-state index contributed by atoms with van der Waals surface area (Å²) in [7, 11) is 0. The number of hydrogen-bond donors (Lipinski definition) is 0. The molecule has 0 aliphatic rings. The summed E-state index contributed by atoms with van der Waals surface area (Å²) in [4.78, 5) is 0. The van der Waals surface area contributed by atoms with Gasteiger partial charge in [0.15, 0.2) is 0 Å². The van der Waals surface area contributed by atoms with E-state index in [0.29, 0.717) is 11.8 Å². The van der Waals surface area contributed by atoms with Gasteiger partial charge in [-0.25, -0.2) is 0 Å². The summed E-state index contributed by atoms with van der Waals surface area (Å²) in [6.45, 7) is -0.00604. The molecule has 0 amide bonds. The molecule has 0 heterocycles. The minimum absolute atomic E-state index is 0.560. The lowest BCUT2D eigenvalue weighted by atomic mass is 10.1. The molecule has 0 bridgehead atoms. The zero-order valence-corrected chi connectivity index (χ0v) is 22.7. The first-order valence-corrected chi connectivity index (χ1v) is 19.6. The zero-order chi connectivity index (χ0) is 21.2. The lowest BCUT2D eigenvalue weighted by Gasteiger charge is -2.10. The Morgan fingerprint density at radius 1 is 0.607 bits per heavy atom. The van der Waals surface area contributed by atoms with Crippen LogP contribution in [0.1, 0.15) is 22.3 Å². The lowest BCUT2D eigenvalue weighted by molar-refractivity contribution is 1.11. The van der Waals surface area contributed by atoms with Gasteiger partial charge in [0.2, 0.25) is 13.4 Å². The summed E-state index contributed by atoms with van der Waals surface area (Å²) < 4.78 is 0. The van der Waals surface area contributed by atoms with E-state index in [4.69, 9.17) is 67.5 Å². The number of rotatable bonds is 8. The summed E-state index contributed by atoms with van der Waals surface area (Å²) in [5.41, 5.74) is 4.84. The zero-order valence-electron chi connectivity index (χ0n) is 16.1. The lowest BCUT2D eigenvalue weighted by Crippen LogP contribution is -2.13. The number of benzene rings is 2. The first kappa shape index (κ1) is 26.6. The summed E-state index contributed by atoms with van der Waals surface area (Å²) >= 11 is 35.6. The van der Waals surface area contributed by atoms with Crippen LogP contribution in [0.3, 0.4) is 0 Å². The fourth-order valence-corrected chi connectivity index (χ4v) is 5.32. The normalized spacial score (nSPS) is 11.7. The van der Waals surface area contributed by atoms with Crippen LogP contribution in [0.25, 0.3) is 0 Å². The van der Waals surface area contributed by atoms with Gasteiger partial charge in [-0.1, -0.05) is 48.5 Å². The van der Waals surface area contributed by atoms with Crippen LogP contribution in [-0.4, -0.2) is 13.4 Å². The van der Waals surface area contributed by atoms with Crippen LogP contribution in [-0.2, 0) is 24.6 Å². The fraction of sp³-hybridized carbons (Fsp3) is 0.400. The maximum atomic E-state index is 6.03. The number of hydrogen-bond acceptors (Lipinski definition) is 0. The maximum absolute atomic E-state index is 6.03. The summed E-state index contributed by atoms with van der Waals surface area (Å²) in [6, 6.07) is 18.3. The van der Waals surface area contributed by atoms with Gasteiger partial charge in [0.25, 0.3) is 0 Å². The van der Waals surface area contributed by atoms with E-state index in [9.17, 15) is 0 Å². The number of halogens is 6. The molecular formula is C20H26Cl6Si2. The molecule has 0 nitrogen and oxygen atoms in total. The predicted molar refractivity (Wildman–Crippen MR) is 136 cm³/mol. The molecule has 2 rings (SSSR count). The van der Waals surface area contributed by atoms with Crippen molar-refractivity contribution >= 4 is 80.9 Å². The van der Waals surface area contributed by atoms with Crippen molar-refractivity contribution in [2.75, 3.05) is 0 Å². The van der Waals surface area contributed by atoms with Gasteiger partial charge in [0.1, 0.15) is 0 Å². The third kappa shape index (κ3) is 13.0. The minimum Gasteiger partial charge on any atom is -0.146 e. The maximum Gasteiger partial charge on any atom is 0.248 e. The Balaban J connectivity index is 0.000000280. The molecule has 0 radical (unpaired) electrons. The van der Waals surface area contributed by atoms with Gasteiger partial charge >= 0.3 is 0 Å². The average molecular weight is 535 g/mol. The van der Waals surface area contributed by atoms with Crippen molar-refractivity contribution in [3.63, 3.8) is 0 Å². The second-order valence-corrected chi connectivity index (χ2v) is 24.0. The van der Waals surface area contributed by atoms with Crippen molar-refractivity contribution in [1.82, 2.24) is 0 Å². The van der Waals surface area contributed by atoms with E-state index in [1.54, 1.807) is 0 Å². The van der Waals surface area contributed by atoms with Crippen molar-refractivity contribution in [1.29, 1.82) is 0 Å². The molecule has 0 saturated carbocycles. The molecule has 0 fully saturated rings. The molecule has 0 N–H and O–H groups in total. The topological polar surface area (TPSA) is 0 Å². The Hall–Kier alpha value is 0.614. The molecule has 156 valence electrons. The largest absolute Gasteiger partial charge is 0.248 e. The standard InChI is InChI=1S/2C10H13Cl3Si/c1-14(12,13)7-6-9-2-4-10(8-11)5-3-9;1-14(12,13)6-5-9-3-2-4-10(7-9)8-11/h2-5H,6-8H2,1H3;2-4,7H,5-6,8H2,1H3. The highest BCUT2D eigenvalue weighted by Gasteiger charge is 2.20. The monoisotopic (exact) mass is 532 g/mol. The second-order valence-electron chi connectivity index (χ2n) is 7.04. The van der Waals surface area contributed by atoms with Gasteiger partial charge < -0.3 is 0 Å². The van der Waals surface area contributed by atoms with Crippen LogP contribution in [0, 0.1) is 0 Å². The van der Waals surface area contributed by atoms with Gasteiger partial charge in [-0.05, 0) is 60.3 Å². The van der Waals surface area contributed by atoms with Crippen LogP contribution in [0.5, 0.6) is 0 Å². The SMILES string of the molecule is C[Si](Cl)(Cl)CCc1ccc(CCl)cc1.C[Si](Cl)(Cl)CCc1cccc(CCl)c1. The average Bonchev–Trinajstić information content (AvgIpc) is 2.65. The van der Waals surface area contributed by atoms with Gasteiger partial charge in [0, 0.05) is 11.8 Å². The molecule has 28 heavy (non-hydrogen) atoms. The van der Waals surface area contributed by atoms with Crippen LogP contribution in [0.2, 0.25) is 25.2 Å². The van der Waals surface area contributed by atoms with E-state index < -0.39 is 13.4 Å². The van der Waals surface area contributed by atoms with E-state index >= 15 is 0 Å². The second kappa shape index (κ2) is 13.1. The van der Waals surface area contributed by atoms with Gasteiger partial charge in [-0.2, -0.15) is 0 Å². The Morgan fingerprint density at radius 3 is 1.50 bits per heavy atom. The highest BCUT2D eigenvalue weighted by molar-refractivity contribution is 7.45. The smallest absolute Gasteiger partial charge is 0.146 e. The summed E-state index contributed by atoms with van der Waals surface area (Å²) in [6.07, 6.45) is 1.90. The third-order valence-electron chi connectivity index (χ3n) is 4.03. The molecule has 0 aliphatic heterocycles. The molecule has 0 saturated heterocycles. The van der Waals surface area contributed by atoms with Crippen molar-refractivity contribution < 1.29 is 0 Å². The molecule has 0 aliphatic carbocycles. The van der Waals surface area contributed by atoms with Crippen LogP contribution in [0.15, 0.2) is 48.5 Å². The first-order valence-electron chi connectivity index (χ1n) is 9.05. The van der Waals surface area contributed by atoms with Gasteiger partial charge in [0.05, 0.1) is 0 Å². The molecule has 0 unspecified atom stereocenters. The summed E-state index contributed by atoms with van der Waals surface area (Å²) in [5.74, 6) is 1.13. The van der Waals surface area contributed by atoms with E-state index in [2.05, 4.69) is 24.3 Å². The number of aryl methyl sites for hydroxylation is 2. The quantitative estimate of drug-likeness (QED) is 0.180. The third-order valence-corrected chi connectivity index (χ3v) is 9.17. The van der Waals surface area contributed by atoms with Crippen molar-refractivity contribution in [2.45, 2.75) is 49.8 Å². The molecule has 0 atom stereocenters. The van der Waals surface area contributed by atoms with Gasteiger partial charge in [-0.3, -0.25) is 0 Å². The van der Waals surface area contributed by atoms with Crippen LogP contribution >= 0.6 is 67.5 Å². The van der Waals surface area contributed by atoms with Crippen molar-refractivity contribution in [3.8, 4) is 0 Å². The highest BCUT2D eigenvalue weighted by atomic mass is 35.7. The van der Waals surface area contributed by atoms with E-state index in [0.717, 1.165) is 36.1 Å². The molecule has 0 aromatic heterocycles. The Kier molecular flexibility index (Phi) is 12.5. The Labute approximate surface area is 200 Å². The molecular weight excluding hydrogens is 509 g/mol. The molecule has 0 spiro atoms. The molecule has 2 aromatic rings. The van der Waals surface area contributed by atoms with E-state index in [-0.39, 0.29) is 0 Å². The van der Waals surface area contributed by atoms with Crippen LogP contribution < -0.4 is 0 Å². The fourth-order valence-electron chi connectivity index (χ4n) is 2.39. The number of alkyl halides is 2.